The highest BCUT2D eigenvalue weighted by Crippen LogP contribution is 2.37. The minimum absolute atomic E-state index is 0.758. The zero-order valence-corrected chi connectivity index (χ0v) is 31.3. The molecule has 3 heteroatoms. The number of hydrogen-bond donors (Lipinski definition) is 0. The number of rotatable bonds is 33. The SMILES string of the molecule is CCCCCC=CCC=CCCCCCCCCC(CCCCCCCCC=CCC=CCCCCC)SSc1ccccn1. The molecule has 0 fully saturated rings. The van der Waals surface area contributed by atoms with E-state index in [0.29, 0.717) is 0 Å². The van der Waals surface area contributed by atoms with Gasteiger partial charge in [-0.3, -0.25) is 0 Å². The molecule has 0 N–H and O–H groups in total. The lowest BCUT2D eigenvalue weighted by atomic mass is 10.0. The van der Waals surface area contributed by atoms with E-state index in [1.54, 1.807) is 0 Å². The monoisotopic (exact) mass is 654 g/mol. The van der Waals surface area contributed by atoms with Crippen molar-refractivity contribution in [1.29, 1.82) is 0 Å². The van der Waals surface area contributed by atoms with Gasteiger partial charge in [-0.1, -0.05) is 169 Å². The average Bonchev–Trinajstić information content (AvgIpc) is 3.06. The first-order valence-electron chi connectivity index (χ1n) is 19.2. The molecular formula is C42H71NS2. The molecule has 0 saturated carbocycles. The first kappa shape index (κ1) is 41.8. The van der Waals surface area contributed by atoms with E-state index in [0.717, 1.165) is 23.1 Å². The van der Waals surface area contributed by atoms with E-state index < -0.39 is 0 Å². The molecule has 0 aliphatic carbocycles. The summed E-state index contributed by atoms with van der Waals surface area (Å²) in [4.78, 5) is 4.54. The Bertz CT molecular complexity index is 780. The number of hydrogen-bond acceptors (Lipinski definition) is 3. The van der Waals surface area contributed by atoms with Crippen LogP contribution in [0.3, 0.4) is 0 Å². The summed E-state index contributed by atoms with van der Waals surface area (Å²) in [5, 5.41) is 1.91. The zero-order valence-electron chi connectivity index (χ0n) is 29.7. The third kappa shape index (κ3) is 31.2. The van der Waals surface area contributed by atoms with Gasteiger partial charge in [-0.2, -0.15) is 0 Å². The second kappa shape index (κ2) is 35.7. The molecular weight excluding hydrogens is 583 g/mol. The van der Waals surface area contributed by atoms with E-state index in [2.05, 4.69) is 90.4 Å². The Kier molecular flexibility index (Phi) is 33.2. The molecule has 0 bridgehead atoms. The summed E-state index contributed by atoms with van der Waals surface area (Å²) >= 11 is 0. The highest BCUT2D eigenvalue weighted by atomic mass is 33.1. The molecule has 0 radical (unpaired) electrons. The summed E-state index contributed by atoms with van der Waals surface area (Å²) in [6.45, 7) is 4.54. The summed E-state index contributed by atoms with van der Waals surface area (Å²) in [5.41, 5.74) is 0. The number of aromatic nitrogens is 1. The van der Waals surface area contributed by atoms with Crippen molar-refractivity contribution in [3.63, 3.8) is 0 Å². The van der Waals surface area contributed by atoms with Crippen LogP contribution >= 0.6 is 21.6 Å². The van der Waals surface area contributed by atoms with Crippen LogP contribution in [0.15, 0.2) is 78.0 Å². The van der Waals surface area contributed by atoms with Crippen LogP contribution in [0, 0.1) is 0 Å². The molecule has 1 heterocycles. The zero-order chi connectivity index (χ0) is 32.1. The first-order chi connectivity index (χ1) is 22.4. The third-order valence-electron chi connectivity index (χ3n) is 8.36. The fraction of sp³-hybridized carbons (Fsp3) is 0.690. The summed E-state index contributed by atoms with van der Waals surface area (Å²) in [6, 6.07) is 6.27. The maximum absolute atomic E-state index is 4.54. The molecule has 45 heavy (non-hydrogen) atoms. The van der Waals surface area contributed by atoms with Gasteiger partial charge in [-0.25, -0.2) is 4.98 Å². The van der Waals surface area contributed by atoms with Gasteiger partial charge in [-0.05, 0) is 100.0 Å². The van der Waals surface area contributed by atoms with Crippen LogP contribution in [-0.2, 0) is 0 Å². The van der Waals surface area contributed by atoms with Crippen LogP contribution in [0.2, 0.25) is 0 Å². The van der Waals surface area contributed by atoms with Gasteiger partial charge in [0.25, 0.3) is 0 Å². The molecule has 0 atom stereocenters. The number of nitrogens with zero attached hydrogens (tertiary/aromatic N) is 1. The van der Waals surface area contributed by atoms with Gasteiger partial charge in [-0.15, -0.1) is 0 Å². The summed E-state index contributed by atoms with van der Waals surface area (Å²) in [5.74, 6) is 0. The summed E-state index contributed by atoms with van der Waals surface area (Å²) < 4.78 is 0. The minimum Gasteiger partial charge on any atom is -0.249 e. The number of unbranched alkanes of at least 4 members (excludes halogenated alkanes) is 18. The van der Waals surface area contributed by atoms with Crippen LogP contribution in [-0.4, -0.2) is 10.2 Å². The molecule has 0 aliphatic rings. The van der Waals surface area contributed by atoms with Gasteiger partial charge in [0.05, 0.1) is 0 Å². The second-order valence-electron chi connectivity index (χ2n) is 12.7. The minimum atomic E-state index is 0.758. The Labute approximate surface area is 289 Å². The van der Waals surface area contributed by atoms with Crippen LogP contribution in [0.5, 0.6) is 0 Å². The van der Waals surface area contributed by atoms with Crippen molar-refractivity contribution in [2.75, 3.05) is 0 Å². The lowest BCUT2D eigenvalue weighted by Gasteiger charge is -2.15. The van der Waals surface area contributed by atoms with E-state index in [1.807, 2.05) is 23.1 Å². The maximum atomic E-state index is 4.54. The fourth-order valence-electron chi connectivity index (χ4n) is 5.47. The molecule has 0 aliphatic heterocycles. The van der Waals surface area contributed by atoms with Gasteiger partial charge >= 0.3 is 0 Å². The van der Waals surface area contributed by atoms with Crippen molar-refractivity contribution >= 4 is 21.6 Å². The summed E-state index contributed by atoms with van der Waals surface area (Å²) in [7, 11) is 3.97. The van der Waals surface area contributed by atoms with E-state index >= 15 is 0 Å². The molecule has 0 aromatic carbocycles. The van der Waals surface area contributed by atoms with Gasteiger partial charge in [0, 0.05) is 11.4 Å². The van der Waals surface area contributed by atoms with Crippen LogP contribution in [0.1, 0.15) is 181 Å². The number of pyridine rings is 1. The Balaban J connectivity index is 2.09. The Morgan fingerprint density at radius 2 is 0.933 bits per heavy atom. The van der Waals surface area contributed by atoms with E-state index in [1.165, 1.54) is 154 Å². The molecule has 1 aromatic heterocycles. The van der Waals surface area contributed by atoms with Gasteiger partial charge in [0.15, 0.2) is 0 Å². The molecule has 256 valence electrons. The maximum Gasteiger partial charge on any atom is 0.106 e. The molecule has 0 saturated heterocycles. The van der Waals surface area contributed by atoms with Gasteiger partial charge in [0.2, 0.25) is 0 Å². The topological polar surface area (TPSA) is 12.9 Å². The average molecular weight is 654 g/mol. The van der Waals surface area contributed by atoms with Crippen LogP contribution < -0.4 is 0 Å². The van der Waals surface area contributed by atoms with Crippen molar-refractivity contribution in [3.8, 4) is 0 Å². The van der Waals surface area contributed by atoms with Crippen molar-refractivity contribution in [3.05, 3.63) is 73.0 Å². The Morgan fingerprint density at radius 1 is 0.511 bits per heavy atom. The van der Waals surface area contributed by atoms with Crippen molar-refractivity contribution in [2.45, 2.75) is 191 Å². The Hall–Kier alpha value is -1.19. The normalized spacial score (nSPS) is 12.9. The molecule has 1 rings (SSSR count). The predicted octanol–water partition coefficient (Wildman–Crippen LogP) is 15.6. The summed E-state index contributed by atoms with van der Waals surface area (Å²) in [6.07, 6.45) is 55.4. The van der Waals surface area contributed by atoms with E-state index in [4.69, 9.17) is 0 Å². The predicted molar refractivity (Wildman–Crippen MR) is 209 cm³/mol. The molecule has 1 nitrogen and oxygen atoms in total. The van der Waals surface area contributed by atoms with Gasteiger partial charge in [0.1, 0.15) is 5.03 Å². The van der Waals surface area contributed by atoms with E-state index in [9.17, 15) is 0 Å². The highest BCUT2D eigenvalue weighted by Gasteiger charge is 2.11. The van der Waals surface area contributed by atoms with Crippen LogP contribution in [0.4, 0.5) is 0 Å². The van der Waals surface area contributed by atoms with Crippen molar-refractivity contribution in [2.24, 2.45) is 0 Å². The highest BCUT2D eigenvalue weighted by molar-refractivity contribution is 8.76. The van der Waals surface area contributed by atoms with Crippen LogP contribution in [0.25, 0.3) is 0 Å². The molecule has 0 unspecified atom stereocenters. The second-order valence-corrected chi connectivity index (χ2v) is 15.2. The largest absolute Gasteiger partial charge is 0.249 e. The lowest BCUT2D eigenvalue weighted by molar-refractivity contribution is 0.539. The van der Waals surface area contributed by atoms with E-state index in [-0.39, 0.29) is 0 Å². The van der Waals surface area contributed by atoms with Crippen molar-refractivity contribution in [1.82, 2.24) is 4.98 Å². The lowest BCUT2D eigenvalue weighted by Crippen LogP contribution is -2.02. The smallest absolute Gasteiger partial charge is 0.106 e. The van der Waals surface area contributed by atoms with Gasteiger partial charge < -0.3 is 0 Å². The standard InChI is InChI=1S/C42H71NS2/c1-3-5-7-9-11-13-15-17-19-21-23-25-27-29-31-33-37-41(44-45-42-39-35-36-40-43-42)38-34-32-30-28-26-24-22-20-18-16-14-12-10-8-6-4-2/h11-14,17-20,35-36,39-41H,3-10,15-16,21-34,37-38H2,1-2H3. The molecule has 1 aromatic rings. The third-order valence-corrected chi connectivity index (χ3v) is 11.2. The first-order valence-corrected chi connectivity index (χ1v) is 21.4. The molecule has 0 spiro atoms. The quantitative estimate of drug-likeness (QED) is 0.0426. The Morgan fingerprint density at radius 3 is 1.36 bits per heavy atom. The molecule has 0 amide bonds. The number of allylic oxidation sites excluding steroid dienone is 8. The van der Waals surface area contributed by atoms with Crippen molar-refractivity contribution < 1.29 is 0 Å². The fourth-order valence-corrected chi connectivity index (χ4v) is 8.05.